The standard InChI is InChI=1S/C14H13FN2O3/c1-19-12-8-16-13(14(17-12)20-2)11(18)7-9-3-5-10(15)6-4-9/h3-6,8H,7H2,1-2H3. The van der Waals surface area contributed by atoms with Gasteiger partial charge < -0.3 is 9.47 Å². The van der Waals surface area contributed by atoms with Crippen LogP contribution in [0.2, 0.25) is 0 Å². The molecule has 2 rings (SSSR count). The molecule has 0 saturated heterocycles. The second kappa shape index (κ2) is 6.10. The molecule has 0 fully saturated rings. The van der Waals surface area contributed by atoms with Gasteiger partial charge in [-0.25, -0.2) is 9.37 Å². The van der Waals surface area contributed by atoms with E-state index in [2.05, 4.69) is 9.97 Å². The van der Waals surface area contributed by atoms with Crippen LogP contribution in [-0.2, 0) is 6.42 Å². The molecule has 0 N–H and O–H groups in total. The first-order valence-corrected chi connectivity index (χ1v) is 5.86. The molecule has 104 valence electrons. The van der Waals surface area contributed by atoms with Crippen molar-refractivity contribution in [2.45, 2.75) is 6.42 Å². The summed E-state index contributed by atoms with van der Waals surface area (Å²) >= 11 is 0. The van der Waals surface area contributed by atoms with Crippen LogP contribution in [0.5, 0.6) is 11.8 Å². The number of carbonyl (C=O) groups is 1. The molecule has 0 aliphatic carbocycles. The Kier molecular flexibility index (Phi) is 4.24. The van der Waals surface area contributed by atoms with Crippen molar-refractivity contribution >= 4 is 5.78 Å². The SMILES string of the molecule is COc1cnc(C(=O)Cc2ccc(F)cc2)c(OC)n1. The summed E-state index contributed by atoms with van der Waals surface area (Å²) in [4.78, 5) is 20.2. The van der Waals surface area contributed by atoms with Crippen molar-refractivity contribution in [3.8, 4) is 11.8 Å². The van der Waals surface area contributed by atoms with Crippen LogP contribution in [-0.4, -0.2) is 30.0 Å². The average molecular weight is 276 g/mol. The van der Waals surface area contributed by atoms with Gasteiger partial charge >= 0.3 is 0 Å². The molecule has 0 atom stereocenters. The van der Waals surface area contributed by atoms with E-state index in [-0.39, 0.29) is 35.5 Å². The molecule has 0 aliphatic heterocycles. The number of ether oxygens (including phenoxy) is 2. The molecule has 5 nitrogen and oxygen atoms in total. The van der Waals surface area contributed by atoms with Crippen LogP contribution in [0.25, 0.3) is 0 Å². The van der Waals surface area contributed by atoms with E-state index in [1.807, 2.05) is 0 Å². The highest BCUT2D eigenvalue weighted by Gasteiger charge is 2.17. The molecule has 0 unspecified atom stereocenters. The Hall–Kier alpha value is -2.50. The first-order valence-electron chi connectivity index (χ1n) is 5.86. The van der Waals surface area contributed by atoms with Gasteiger partial charge in [0.25, 0.3) is 0 Å². The maximum Gasteiger partial charge on any atom is 0.246 e. The van der Waals surface area contributed by atoms with Gasteiger partial charge in [0.15, 0.2) is 11.5 Å². The van der Waals surface area contributed by atoms with Crippen LogP contribution < -0.4 is 9.47 Å². The Morgan fingerprint density at radius 3 is 2.50 bits per heavy atom. The Labute approximate surface area is 115 Å². The molecule has 1 heterocycles. The van der Waals surface area contributed by atoms with E-state index in [1.165, 1.54) is 32.5 Å². The third-order valence-corrected chi connectivity index (χ3v) is 2.66. The molecule has 0 saturated carbocycles. The van der Waals surface area contributed by atoms with Gasteiger partial charge in [0.05, 0.1) is 20.4 Å². The Bertz CT molecular complexity index is 614. The first-order chi connectivity index (χ1) is 9.63. The molecule has 0 radical (unpaired) electrons. The predicted octanol–water partition coefficient (Wildman–Crippen LogP) is 2.06. The van der Waals surface area contributed by atoms with Gasteiger partial charge in [0.2, 0.25) is 11.8 Å². The van der Waals surface area contributed by atoms with Gasteiger partial charge in [-0.2, -0.15) is 4.98 Å². The van der Waals surface area contributed by atoms with Crippen molar-refractivity contribution in [3.05, 3.63) is 47.5 Å². The molecule has 0 spiro atoms. The van der Waals surface area contributed by atoms with E-state index in [4.69, 9.17) is 9.47 Å². The number of hydrogen-bond acceptors (Lipinski definition) is 5. The summed E-state index contributed by atoms with van der Waals surface area (Å²) in [6.07, 6.45) is 1.44. The number of carbonyl (C=O) groups excluding carboxylic acids is 1. The van der Waals surface area contributed by atoms with Gasteiger partial charge in [-0.05, 0) is 17.7 Å². The Morgan fingerprint density at radius 1 is 1.20 bits per heavy atom. The third kappa shape index (κ3) is 3.09. The number of aromatic nitrogens is 2. The monoisotopic (exact) mass is 276 g/mol. The number of benzene rings is 1. The lowest BCUT2D eigenvalue weighted by molar-refractivity contribution is 0.0984. The minimum Gasteiger partial charge on any atom is -0.480 e. The highest BCUT2D eigenvalue weighted by molar-refractivity contribution is 5.97. The van der Waals surface area contributed by atoms with Crippen molar-refractivity contribution in [2.24, 2.45) is 0 Å². The van der Waals surface area contributed by atoms with Gasteiger partial charge in [0, 0.05) is 6.42 Å². The molecule has 6 heteroatoms. The highest BCUT2D eigenvalue weighted by atomic mass is 19.1. The van der Waals surface area contributed by atoms with E-state index in [0.29, 0.717) is 5.56 Å². The summed E-state index contributed by atoms with van der Waals surface area (Å²) in [6, 6.07) is 5.71. The summed E-state index contributed by atoms with van der Waals surface area (Å²) in [6.45, 7) is 0. The van der Waals surface area contributed by atoms with Crippen LogP contribution in [0.4, 0.5) is 4.39 Å². The number of rotatable bonds is 5. The second-order valence-electron chi connectivity index (χ2n) is 4.00. The van der Waals surface area contributed by atoms with E-state index >= 15 is 0 Å². The van der Waals surface area contributed by atoms with E-state index in [1.54, 1.807) is 12.1 Å². The summed E-state index contributed by atoms with van der Waals surface area (Å²) in [5.41, 5.74) is 0.814. The van der Waals surface area contributed by atoms with Crippen LogP contribution in [0, 0.1) is 5.82 Å². The topological polar surface area (TPSA) is 61.3 Å². The lowest BCUT2D eigenvalue weighted by Crippen LogP contribution is -2.10. The van der Waals surface area contributed by atoms with Crippen molar-refractivity contribution < 1.29 is 18.7 Å². The van der Waals surface area contributed by atoms with E-state index in [0.717, 1.165) is 0 Å². The smallest absolute Gasteiger partial charge is 0.246 e. The molecule has 20 heavy (non-hydrogen) atoms. The first kappa shape index (κ1) is 13.9. The Balaban J connectivity index is 2.22. The number of Topliss-reactive ketones (excluding diaryl/α,β-unsaturated/α-hetero) is 1. The number of nitrogens with zero attached hydrogens (tertiary/aromatic N) is 2. The number of halogens is 1. The third-order valence-electron chi connectivity index (χ3n) is 2.66. The quantitative estimate of drug-likeness (QED) is 0.782. The fourth-order valence-corrected chi connectivity index (χ4v) is 1.66. The summed E-state index contributed by atoms with van der Waals surface area (Å²) in [5.74, 6) is -0.233. The van der Waals surface area contributed by atoms with Crippen molar-refractivity contribution in [2.75, 3.05) is 14.2 Å². The molecular formula is C14H13FN2O3. The van der Waals surface area contributed by atoms with Crippen molar-refractivity contribution in [3.63, 3.8) is 0 Å². The Morgan fingerprint density at radius 2 is 1.90 bits per heavy atom. The summed E-state index contributed by atoms with van der Waals surface area (Å²) < 4.78 is 22.8. The molecule has 1 aromatic carbocycles. The molecular weight excluding hydrogens is 263 g/mol. The number of hydrogen-bond donors (Lipinski definition) is 0. The fourth-order valence-electron chi connectivity index (χ4n) is 1.66. The van der Waals surface area contributed by atoms with Gasteiger partial charge in [-0.3, -0.25) is 4.79 Å². The fraction of sp³-hybridized carbons (Fsp3) is 0.214. The van der Waals surface area contributed by atoms with Crippen LogP contribution in [0.15, 0.2) is 30.5 Å². The highest BCUT2D eigenvalue weighted by Crippen LogP contribution is 2.18. The second-order valence-corrected chi connectivity index (χ2v) is 4.00. The number of ketones is 1. The summed E-state index contributed by atoms with van der Waals surface area (Å²) in [5, 5.41) is 0. The molecule has 0 amide bonds. The molecule has 1 aromatic heterocycles. The lowest BCUT2D eigenvalue weighted by Gasteiger charge is -2.07. The molecule has 2 aromatic rings. The minimum atomic E-state index is -0.344. The van der Waals surface area contributed by atoms with Crippen LogP contribution in [0.1, 0.15) is 16.1 Å². The van der Waals surface area contributed by atoms with E-state index < -0.39 is 0 Å². The zero-order valence-corrected chi connectivity index (χ0v) is 11.1. The number of methoxy groups -OCH3 is 2. The zero-order valence-electron chi connectivity index (χ0n) is 11.1. The molecule has 0 bridgehead atoms. The minimum absolute atomic E-state index is 0.0949. The van der Waals surface area contributed by atoms with Crippen molar-refractivity contribution in [1.29, 1.82) is 0 Å². The molecule has 0 aliphatic rings. The van der Waals surface area contributed by atoms with Gasteiger partial charge in [-0.1, -0.05) is 12.1 Å². The van der Waals surface area contributed by atoms with E-state index in [9.17, 15) is 9.18 Å². The van der Waals surface area contributed by atoms with Crippen molar-refractivity contribution in [1.82, 2.24) is 9.97 Å². The van der Waals surface area contributed by atoms with Gasteiger partial charge in [0.1, 0.15) is 5.82 Å². The predicted molar refractivity (Wildman–Crippen MR) is 69.6 cm³/mol. The van der Waals surface area contributed by atoms with Crippen LogP contribution >= 0.6 is 0 Å². The normalized spacial score (nSPS) is 10.2. The lowest BCUT2D eigenvalue weighted by atomic mass is 10.1. The van der Waals surface area contributed by atoms with Gasteiger partial charge in [-0.15, -0.1) is 0 Å². The largest absolute Gasteiger partial charge is 0.480 e. The zero-order chi connectivity index (χ0) is 14.5. The maximum atomic E-state index is 12.8. The van der Waals surface area contributed by atoms with Crippen LogP contribution in [0.3, 0.4) is 0 Å². The average Bonchev–Trinajstić information content (AvgIpc) is 2.48. The maximum absolute atomic E-state index is 12.8. The summed E-state index contributed by atoms with van der Waals surface area (Å²) in [7, 11) is 2.85.